The van der Waals surface area contributed by atoms with Crippen molar-refractivity contribution in [1.82, 2.24) is 20.0 Å². The lowest BCUT2D eigenvalue weighted by Crippen LogP contribution is -2.55. The lowest BCUT2D eigenvalue weighted by Gasteiger charge is -2.48. The second-order valence-electron chi connectivity index (χ2n) is 6.33. The molecule has 1 saturated carbocycles. The van der Waals surface area contributed by atoms with E-state index in [9.17, 15) is 0 Å². The van der Waals surface area contributed by atoms with Crippen LogP contribution < -0.4 is 5.32 Å². The third-order valence-corrected chi connectivity index (χ3v) is 4.90. The predicted molar refractivity (Wildman–Crippen MR) is 83.7 cm³/mol. The highest BCUT2D eigenvalue weighted by Crippen LogP contribution is 2.41. The Bertz CT molecular complexity index is 404. The summed E-state index contributed by atoms with van der Waals surface area (Å²) in [5, 5.41) is 8.19. The molecule has 0 aliphatic heterocycles. The SMILES string of the molecule is CCCNC(c1ccnn1C)C1(N(C)C)CCCCC1. The number of hydrogen-bond acceptors (Lipinski definition) is 3. The molecule has 0 radical (unpaired) electrons. The molecule has 0 saturated heterocycles. The summed E-state index contributed by atoms with van der Waals surface area (Å²) < 4.78 is 2.03. The molecule has 1 aliphatic rings. The number of aryl methyl sites for hydroxylation is 1. The van der Waals surface area contributed by atoms with Crippen LogP contribution >= 0.6 is 0 Å². The monoisotopic (exact) mass is 278 g/mol. The third kappa shape index (κ3) is 2.91. The van der Waals surface area contributed by atoms with Crippen molar-refractivity contribution < 1.29 is 0 Å². The van der Waals surface area contributed by atoms with Gasteiger partial charge in [-0.3, -0.25) is 4.68 Å². The molecule has 1 aromatic heterocycles. The van der Waals surface area contributed by atoms with Crippen molar-refractivity contribution in [2.24, 2.45) is 7.05 Å². The van der Waals surface area contributed by atoms with Gasteiger partial charge in [0, 0.05) is 18.8 Å². The van der Waals surface area contributed by atoms with Crippen molar-refractivity contribution in [3.8, 4) is 0 Å². The van der Waals surface area contributed by atoms with Crippen molar-refractivity contribution in [2.75, 3.05) is 20.6 Å². The van der Waals surface area contributed by atoms with E-state index in [-0.39, 0.29) is 5.54 Å². The van der Waals surface area contributed by atoms with Gasteiger partial charge in [-0.2, -0.15) is 5.10 Å². The Balaban J connectivity index is 2.34. The lowest BCUT2D eigenvalue weighted by atomic mass is 9.74. The molecule has 1 fully saturated rings. The Morgan fingerprint density at radius 3 is 2.55 bits per heavy atom. The number of aromatic nitrogens is 2. The Kier molecular flexibility index (Phi) is 5.22. The molecule has 1 N–H and O–H groups in total. The maximum Gasteiger partial charge on any atom is 0.0678 e. The van der Waals surface area contributed by atoms with E-state index in [0.717, 1.165) is 13.0 Å². The van der Waals surface area contributed by atoms with Crippen LogP contribution in [0.25, 0.3) is 0 Å². The van der Waals surface area contributed by atoms with Crippen LogP contribution in [0.5, 0.6) is 0 Å². The van der Waals surface area contributed by atoms with Crippen molar-refractivity contribution >= 4 is 0 Å². The first-order valence-corrected chi connectivity index (χ1v) is 8.00. The van der Waals surface area contributed by atoms with Crippen LogP contribution in [0.4, 0.5) is 0 Å². The van der Waals surface area contributed by atoms with Crippen LogP contribution in [0, 0.1) is 0 Å². The molecule has 4 heteroatoms. The second kappa shape index (κ2) is 6.72. The minimum Gasteiger partial charge on any atom is -0.307 e. The van der Waals surface area contributed by atoms with Gasteiger partial charge in [-0.1, -0.05) is 26.2 Å². The summed E-state index contributed by atoms with van der Waals surface area (Å²) in [7, 11) is 6.53. The van der Waals surface area contributed by atoms with Crippen LogP contribution in [0.3, 0.4) is 0 Å². The molecule has 1 aliphatic carbocycles. The van der Waals surface area contributed by atoms with E-state index in [1.54, 1.807) is 0 Å². The zero-order valence-corrected chi connectivity index (χ0v) is 13.5. The highest BCUT2D eigenvalue weighted by Gasteiger charge is 2.43. The minimum atomic E-state index is 0.223. The minimum absolute atomic E-state index is 0.223. The summed E-state index contributed by atoms with van der Waals surface area (Å²) in [6, 6.07) is 2.54. The highest BCUT2D eigenvalue weighted by molar-refractivity contribution is 5.16. The average molecular weight is 278 g/mol. The van der Waals surface area contributed by atoms with Crippen molar-refractivity contribution in [3.05, 3.63) is 18.0 Å². The van der Waals surface area contributed by atoms with Crippen LogP contribution in [0.1, 0.15) is 57.2 Å². The maximum absolute atomic E-state index is 4.39. The molecule has 0 amide bonds. The Hall–Kier alpha value is -0.870. The van der Waals surface area contributed by atoms with Crippen molar-refractivity contribution in [1.29, 1.82) is 0 Å². The van der Waals surface area contributed by atoms with E-state index in [4.69, 9.17) is 0 Å². The molecule has 1 atom stereocenters. The molecule has 2 rings (SSSR count). The number of hydrogen-bond donors (Lipinski definition) is 1. The van der Waals surface area contributed by atoms with Crippen LogP contribution in [0.2, 0.25) is 0 Å². The van der Waals surface area contributed by atoms with Crippen molar-refractivity contribution in [2.45, 2.75) is 57.0 Å². The van der Waals surface area contributed by atoms with Gasteiger partial charge in [-0.05, 0) is 46.0 Å². The highest BCUT2D eigenvalue weighted by atomic mass is 15.3. The Morgan fingerprint density at radius 1 is 1.35 bits per heavy atom. The van der Waals surface area contributed by atoms with E-state index in [0.29, 0.717) is 6.04 Å². The third-order valence-electron chi connectivity index (χ3n) is 4.90. The fraction of sp³-hybridized carbons (Fsp3) is 0.812. The zero-order valence-electron chi connectivity index (χ0n) is 13.5. The average Bonchev–Trinajstić information content (AvgIpc) is 2.86. The van der Waals surface area contributed by atoms with Gasteiger partial charge >= 0.3 is 0 Å². The van der Waals surface area contributed by atoms with E-state index >= 15 is 0 Å². The van der Waals surface area contributed by atoms with Gasteiger partial charge in [-0.15, -0.1) is 0 Å². The zero-order chi connectivity index (χ0) is 14.6. The smallest absolute Gasteiger partial charge is 0.0678 e. The molecular formula is C16H30N4. The first-order chi connectivity index (χ1) is 9.62. The van der Waals surface area contributed by atoms with Gasteiger partial charge in [0.1, 0.15) is 0 Å². The maximum atomic E-state index is 4.39. The van der Waals surface area contributed by atoms with Gasteiger partial charge in [0.2, 0.25) is 0 Å². The van der Waals surface area contributed by atoms with Crippen LogP contribution in [-0.4, -0.2) is 40.9 Å². The molecule has 0 spiro atoms. The summed E-state index contributed by atoms with van der Waals surface area (Å²) in [6.45, 7) is 3.29. The van der Waals surface area contributed by atoms with E-state index in [1.807, 2.05) is 10.9 Å². The fourth-order valence-corrected chi connectivity index (χ4v) is 3.68. The standard InChI is InChI=1S/C16H30N4/c1-5-12-17-15(14-9-13-18-20(14)4)16(19(2)3)10-7-6-8-11-16/h9,13,15,17H,5-8,10-12H2,1-4H3. The summed E-state index contributed by atoms with van der Waals surface area (Å²) in [4.78, 5) is 2.45. The number of nitrogens with one attached hydrogen (secondary N) is 1. The molecule has 114 valence electrons. The van der Waals surface area contributed by atoms with Gasteiger partial charge < -0.3 is 10.2 Å². The summed E-state index contributed by atoms with van der Waals surface area (Å²) >= 11 is 0. The number of nitrogens with zero attached hydrogens (tertiary/aromatic N) is 3. The lowest BCUT2D eigenvalue weighted by molar-refractivity contribution is 0.0533. The topological polar surface area (TPSA) is 33.1 Å². The summed E-state index contributed by atoms with van der Waals surface area (Å²) in [6.07, 6.45) is 9.67. The summed E-state index contributed by atoms with van der Waals surface area (Å²) in [5.41, 5.74) is 1.54. The molecule has 1 aromatic rings. The molecule has 0 bridgehead atoms. The first kappa shape index (κ1) is 15.5. The number of likely N-dealkylation sites (N-methyl/N-ethyl adjacent to an activating group) is 1. The molecule has 1 heterocycles. The molecule has 0 aromatic carbocycles. The predicted octanol–water partition coefficient (Wildman–Crippen LogP) is 2.73. The quantitative estimate of drug-likeness (QED) is 0.868. The largest absolute Gasteiger partial charge is 0.307 e. The Morgan fingerprint density at radius 2 is 2.05 bits per heavy atom. The van der Waals surface area contributed by atoms with Crippen molar-refractivity contribution in [3.63, 3.8) is 0 Å². The summed E-state index contributed by atoms with van der Waals surface area (Å²) in [5.74, 6) is 0. The second-order valence-corrected chi connectivity index (χ2v) is 6.33. The van der Waals surface area contributed by atoms with E-state index in [2.05, 4.69) is 49.4 Å². The molecule has 20 heavy (non-hydrogen) atoms. The van der Waals surface area contributed by atoms with Gasteiger partial charge in [0.05, 0.1) is 11.7 Å². The fourth-order valence-electron chi connectivity index (χ4n) is 3.68. The van der Waals surface area contributed by atoms with Gasteiger partial charge in [-0.25, -0.2) is 0 Å². The van der Waals surface area contributed by atoms with Crippen LogP contribution in [0.15, 0.2) is 12.3 Å². The number of rotatable bonds is 6. The normalized spacial score (nSPS) is 20.2. The van der Waals surface area contributed by atoms with E-state index in [1.165, 1.54) is 37.8 Å². The van der Waals surface area contributed by atoms with Gasteiger partial charge in [0.25, 0.3) is 0 Å². The molecule has 4 nitrogen and oxygen atoms in total. The Labute approximate surface area is 123 Å². The van der Waals surface area contributed by atoms with Gasteiger partial charge in [0.15, 0.2) is 0 Å². The van der Waals surface area contributed by atoms with Crippen LogP contribution in [-0.2, 0) is 7.05 Å². The molecular weight excluding hydrogens is 248 g/mol. The van der Waals surface area contributed by atoms with E-state index < -0.39 is 0 Å². The molecule has 1 unspecified atom stereocenters. The first-order valence-electron chi connectivity index (χ1n) is 8.00.